The maximum atomic E-state index is 12.4. The zero-order valence-electron chi connectivity index (χ0n) is 14.4. The molecule has 0 radical (unpaired) electrons. The quantitative estimate of drug-likeness (QED) is 0.744. The normalized spacial score (nSPS) is 22.6. The molecule has 3 atom stereocenters. The summed E-state index contributed by atoms with van der Waals surface area (Å²) in [5, 5.41) is 2.80. The third-order valence-electron chi connectivity index (χ3n) is 4.62. The molecule has 1 aromatic carbocycles. The highest BCUT2D eigenvalue weighted by Gasteiger charge is 2.33. The molecular formula is C18H20N6O2. The number of imidazole rings is 1. The van der Waals surface area contributed by atoms with Crippen LogP contribution < -0.4 is 11.1 Å². The Morgan fingerprint density at radius 2 is 2.12 bits per heavy atom. The molecule has 0 saturated carbocycles. The second kappa shape index (κ2) is 6.81. The number of hydrogen-bond acceptors (Lipinski definition) is 6. The van der Waals surface area contributed by atoms with Crippen LogP contribution >= 0.6 is 0 Å². The molecule has 1 amide bonds. The minimum atomic E-state index is -0.245. The van der Waals surface area contributed by atoms with Gasteiger partial charge in [-0.2, -0.15) is 0 Å². The van der Waals surface area contributed by atoms with Crippen molar-refractivity contribution in [2.75, 3.05) is 5.32 Å². The molecule has 8 nitrogen and oxygen atoms in total. The van der Waals surface area contributed by atoms with Gasteiger partial charge in [0.2, 0.25) is 0 Å². The summed E-state index contributed by atoms with van der Waals surface area (Å²) in [6.07, 6.45) is 4.43. The van der Waals surface area contributed by atoms with Gasteiger partial charge in [-0.1, -0.05) is 25.1 Å². The van der Waals surface area contributed by atoms with Crippen LogP contribution in [0.4, 0.5) is 5.82 Å². The second-order valence-electron chi connectivity index (χ2n) is 6.30. The van der Waals surface area contributed by atoms with E-state index in [4.69, 9.17) is 10.5 Å². The Labute approximate surface area is 150 Å². The molecule has 4 rings (SSSR count). The van der Waals surface area contributed by atoms with Gasteiger partial charge in [0.15, 0.2) is 17.0 Å². The number of nitrogens with zero attached hydrogens (tertiary/aromatic N) is 4. The third-order valence-corrected chi connectivity index (χ3v) is 4.62. The lowest BCUT2D eigenvalue weighted by Gasteiger charge is -2.14. The minimum Gasteiger partial charge on any atom is -0.353 e. The maximum absolute atomic E-state index is 12.4. The second-order valence-corrected chi connectivity index (χ2v) is 6.30. The van der Waals surface area contributed by atoms with Crippen LogP contribution in [0.3, 0.4) is 0 Å². The molecule has 8 heteroatoms. The number of hydrogen-bond donors (Lipinski definition) is 2. The van der Waals surface area contributed by atoms with Gasteiger partial charge in [0.1, 0.15) is 12.6 Å². The van der Waals surface area contributed by atoms with E-state index in [0.717, 1.165) is 6.42 Å². The fourth-order valence-corrected chi connectivity index (χ4v) is 3.24. The van der Waals surface area contributed by atoms with E-state index in [-0.39, 0.29) is 24.3 Å². The Bertz CT molecular complexity index is 926. The lowest BCUT2D eigenvalue weighted by molar-refractivity contribution is 0.000664. The highest BCUT2D eigenvalue weighted by atomic mass is 16.5. The first kappa shape index (κ1) is 16.6. The van der Waals surface area contributed by atoms with E-state index >= 15 is 0 Å². The van der Waals surface area contributed by atoms with Crippen molar-refractivity contribution < 1.29 is 9.53 Å². The van der Waals surface area contributed by atoms with Gasteiger partial charge in [-0.05, 0) is 18.6 Å². The molecule has 134 valence electrons. The minimum absolute atomic E-state index is 0.0125. The van der Waals surface area contributed by atoms with Crippen molar-refractivity contribution in [2.24, 2.45) is 5.73 Å². The Kier molecular flexibility index (Phi) is 4.36. The number of amides is 1. The van der Waals surface area contributed by atoms with Gasteiger partial charge in [0, 0.05) is 18.0 Å². The Morgan fingerprint density at radius 3 is 2.85 bits per heavy atom. The average Bonchev–Trinajstić information content (AvgIpc) is 3.26. The lowest BCUT2D eigenvalue weighted by Crippen LogP contribution is -2.29. The molecule has 1 aliphatic heterocycles. The predicted molar refractivity (Wildman–Crippen MR) is 96.5 cm³/mol. The van der Waals surface area contributed by atoms with Gasteiger partial charge < -0.3 is 15.8 Å². The molecule has 3 heterocycles. The van der Waals surface area contributed by atoms with Crippen LogP contribution in [0.5, 0.6) is 0 Å². The maximum Gasteiger partial charge on any atom is 0.256 e. The van der Waals surface area contributed by atoms with E-state index in [2.05, 4.69) is 27.2 Å². The SMILES string of the molecule is CC[C@H]1O[C@@H](n2cnc3c(NC(=O)c4ccccc4)ncnc32)C[C@H]1N. The van der Waals surface area contributed by atoms with Crippen LogP contribution in [0.15, 0.2) is 43.0 Å². The first-order valence-corrected chi connectivity index (χ1v) is 8.62. The first-order valence-electron chi connectivity index (χ1n) is 8.62. The number of carbonyl (C=O) groups excluding carboxylic acids is 1. The number of anilines is 1. The van der Waals surface area contributed by atoms with Crippen molar-refractivity contribution in [3.63, 3.8) is 0 Å². The predicted octanol–water partition coefficient (Wildman–Crippen LogP) is 2.10. The topological polar surface area (TPSA) is 108 Å². The number of carbonyl (C=O) groups is 1. The van der Waals surface area contributed by atoms with E-state index < -0.39 is 0 Å². The molecule has 26 heavy (non-hydrogen) atoms. The smallest absolute Gasteiger partial charge is 0.256 e. The molecule has 3 N–H and O–H groups in total. The Hall–Kier alpha value is -2.84. The molecule has 0 bridgehead atoms. The summed E-state index contributed by atoms with van der Waals surface area (Å²) >= 11 is 0. The molecular weight excluding hydrogens is 332 g/mol. The Morgan fingerprint density at radius 1 is 1.31 bits per heavy atom. The average molecular weight is 352 g/mol. The molecule has 0 spiro atoms. The van der Waals surface area contributed by atoms with Gasteiger partial charge in [-0.3, -0.25) is 9.36 Å². The fraction of sp³-hybridized carbons (Fsp3) is 0.333. The number of rotatable bonds is 4. The summed E-state index contributed by atoms with van der Waals surface area (Å²) < 4.78 is 7.87. The van der Waals surface area contributed by atoms with Crippen molar-refractivity contribution in [3.8, 4) is 0 Å². The fourth-order valence-electron chi connectivity index (χ4n) is 3.24. The number of aromatic nitrogens is 4. The van der Waals surface area contributed by atoms with Crippen molar-refractivity contribution in [3.05, 3.63) is 48.5 Å². The summed E-state index contributed by atoms with van der Waals surface area (Å²) in [6.45, 7) is 2.05. The van der Waals surface area contributed by atoms with Crippen LogP contribution in [0.2, 0.25) is 0 Å². The number of fused-ring (bicyclic) bond motifs is 1. The van der Waals surface area contributed by atoms with Crippen LogP contribution in [0, 0.1) is 0 Å². The molecule has 3 aromatic rings. The monoisotopic (exact) mass is 352 g/mol. The van der Waals surface area contributed by atoms with Gasteiger partial charge in [-0.25, -0.2) is 15.0 Å². The number of nitrogens with two attached hydrogens (primary N) is 1. The van der Waals surface area contributed by atoms with Crippen LogP contribution in [-0.2, 0) is 4.74 Å². The van der Waals surface area contributed by atoms with Gasteiger partial charge >= 0.3 is 0 Å². The van der Waals surface area contributed by atoms with Crippen molar-refractivity contribution in [2.45, 2.75) is 38.1 Å². The van der Waals surface area contributed by atoms with Crippen LogP contribution in [-0.4, -0.2) is 37.6 Å². The first-order chi connectivity index (χ1) is 12.7. The van der Waals surface area contributed by atoms with Gasteiger partial charge in [0.25, 0.3) is 5.91 Å². The zero-order valence-corrected chi connectivity index (χ0v) is 14.4. The van der Waals surface area contributed by atoms with Crippen molar-refractivity contribution in [1.29, 1.82) is 0 Å². The number of benzene rings is 1. The van der Waals surface area contributed by atoms with Crippen molar-refractivity contribution >= 4 is 22.9 Å². The van der Waals surface area contributed by atoms with E-state index in [1.54, 1.807) is 18.5 Å². The van der Waals surface area contributed by atoms with E-state index in [1.807, 2.05) is 22.8 Å². The third kappa shape index (κ3) is 2.93. The van der Waals surface area contributed by atoms with Crippen LogP contribution in [0.25, 0.3) is 11.2 Å². The van der Waals surface area contributed by atoms with E-state index in [9.17, 15) is 4.79 Å². The summed E-state index contributed by atoms with van der Waals surface area (Å²) in [6, 6.07) is 8.95. The lowest BCUT2D eigenvalue weighted by atomic mass is 10.1. The van der Waals surface area contributed by atoms with Gasteiger partial charge in [0.05, 0.1) is 12.4 Å². The van der Waals surface area contributed by atoms with E-state index in [0.29, 0.717) is 29.0 Å². The van der Waals surface area contributed by atoms with Crippen molar-refractivity contribution in [1.82, 2.24) is 19.5 Å². The molecule has 1 saturated heterocycles. The largest absolute Gasteiger partial charge is 0.353 e. The number of ether oxygens (including phenoxy) is 1. The highest BCUT2D eigenvalue weighted by molar-refractivity contribution is 6.06. The molecule has 0 aliphatic carbocycles. The summed E-state index contributed by atoms with van der Waals surface area (Å²) in [7, 11) is 0. The number of nitrogens with one attached hydrogen (secondary N) is 1. The standard InChI is InChI=1S/C18H20N6O2/c1-2-13-12(19)8-14(26-13)24-10-22-15-16(20-9-21-17(15)24)23-18(25)11-6-4-3-5-7-11/h3-7,9-10,12-14H,2,8,19H2,1H3,(H,20,21,23,25)/t12-,13-,14-/m1/s1. The molecule has 1 fully saturated rings. The summed E-state index contributed by atoms with van der Waals surface area (Å²) in [5.74, 6) is 0.127. The summed E-state index contributed by atoms with van der Waals surface area (Å²) in [5.41, 5.74) is 7.82. The summed E-state index contributed by atoms with van der Waals surface area (Å²) in [4.78, 5) is 25.3. The molecule has 0 unspecified atom stereocenters. The molecule has 1 aliphatic rings. The van der Waals surface area contributed by atoms with Crippen LogP contribution in [0.1, 0.15) is 36.4 Å². The van der Waals surface area contributed by atoms with E-state index in [1.165, 1.54) is 6.33 Å². The van der Waals surface area contributed by atoms with Gasteiger partial charge in [-0.15, -0.1) is 0 Å². The molecule has 2 aromatic heterocycles. The zero-order chi connectivity index (χ0) is 18.1. The Balaban J connectivity index is 1.63. The highest BCUT2D eigenvalue weighted by Crippen LogP contribution is 2.31.